The highest BCUT2D eigenvalue weighted by Gasteiger charge is 2.50. The van der Waals surface area contributed by atoms with Crippen molar-refractivity contribution >= 4 is 0 Å². The van der Waals surface area contributed by atoms with Gasteiger partial charge < -0.3 is 5.73 Å². The summed E-state index contributed by atoms with van der Waals surface area (Å²) >= 11 is 0. The lowest BCUT2D eigenvalue weighted by atomic mass is 9.92. The van der Waals surface area contributed by atoms with Crippen LogP contribution >= 0.6 is 0 Å². The van der Waals surface area contributed by atoms with Gasteiger partial charge in [0, 0.05) is 0 Å². The van der Waals surface area contributed by atoms with Crippen LogP contribution in [0.5, 0.6) is 0 Å². The molecule has 96 valence electrons. The molecule has 0 heterocycles. The molecule has 19 heavy (non-hydrogen) atoms. The number of benzene rings is 2. The van der Waals surface area contributed by atoms with Gasteiger partial charge in [-0.2, -0.15) is 0 Å². The van der Waals surface area contributed by atoms with Gasteiger partial charge >= 0.3 is 0 Å². The fourth-order valence-corrected chi connectivity index (χ4v) is 3.65. The fourth-order valence-electron chi connectivity index (χ4n) is 3.65. The molecule has 2 unspecified atom stereocenters. The molecule has 0 saturated heterocycles. The van der Waals surface area contributed by atoms with Crippen LogP contribution in [0, 0.1) is 5.92 Å². The van der Waals surface area contributed by atoms with Crippen LogP contribution in [0.1, 0.15) is 30.0 Å². The summed E-state index contributed by atoms with van der Waals surface area (Å²) in [6.45, 7) is 3.17. The third-order valence-electron chi connectivity index (χ3n) is 5.15. The molecule has 0 radical (unpaired) electrons. The van der Waals surface area contributed by atoms with Gasteiger partial charge in [-0.3, -0.25) is 0 Å². The predicted molar refractivity (Wildman–Crippen MR) is 79.2 cm³/mol. The van der Waals surface area contributed by atoms with Crippen LogP contribution in [0.2, 0.25) is 0 Å². The molecule has 1 nitrogen and oxygen atoms in total. The standard InChI is InChI=1S/C18H19N/c1-18(10-15(18)11-19)14-6-7-17-13(9-14)8-12-4-2-3-5-16(12)17/h2-7,9,15H,8,10-11,19H2,1H3. The van der Waals surface area contributed by atoms with Gasteiger partial charge in [0.25, 0.3) is 0 Å². The molecule has 2 atom stereocenters. The van der Waals surface area contributed by atoms with Crippen LogP contribution in [0.3, 0.4) is 0 Å². The largest absolute Gasteiger partial charge is 0.330 e. The second-order valence-electron chi connectivity index (χ2n) is 6.26. The summed E-state index contributed by atoms with van der Waals surface area (Å²) in [6, 6.07) is 15.8. The molecule has 0 aliphatic heterocycles. The Kier molecular flexibility index (Phi) is 2.19. The number of fused-ring (bicyclic) bond motifs is 3. The van der Waals surface area contributed by atoms with E-state index in [1.165, 1.54) is 34.2 Å². The third-order valence-corrected chi connectivity index (χ3v) is 5.15. The topological polar surface area (TPSA) is 26.0 Å². The first-order valence-corrected chi connectivity index (χ1v) is 7.14. The Balaban J connectivity index is 1.77. The van der Waals surface area contributed by atoms with Gasteiger partial charge in [-0.25, -0.2) is 0 Å². The lowest BCUT2D eigenvalue weighted by Gasteiger charge is -2.13. The van der Waals surface area contributed by atoms with Crippen molar-refractivity contribution in [2.75, 3.05) is 6.54 Å². The molecule has 2 aliphatic carbocycles. The number of rotatable bonds is 2. The minimum absolute atomic E-state index is 0.332. The Hall–Kier alpha value is -1.60. The second kappa shape index (κ2) is 3.71. The van der Waals surface area contributed by atoms with Crippen molar-refractivity contribution in [2.24, 2.45) is 11.7 Å². The van der Waals surface area contributed by atoms with Crippen molar-refractivity contribution in [3.63, 3.8) is 0 Å². The second-order valence-corrected chi connectivity index (χ2v) is 6.26. The predicted octanol–water partition coefficient (Wildman–Crippen LogP) is 3.49. The summed E-state index contributed by atoms with van der Waals surface area (Å²) in [5.74, 6) is 0.675. The van der Waals surface area contributed by atoms with Crippen molar-refractivity contribution in [1.29, 1.82) is 0 Å². The first kappa shape index (κ1) is 11.2. The third kappa shape index (κ3) is 1.51. The lowest BCUT2D eigenvalue weighted by Crippen LogP contribution is -2.11. The van der Waals surface area contributed by atoms with Gasteiger partial charge in [-0.1, -0.05) is 49.4 Å². The summed E-state index contributed by atoms with van der Waals surface area (Å²) in [5, 5.41) is 0. The molecule has 2 aromatic carbocycles. The zero-order valence-corrected chi connectivity index (χ0v) is 11.3. The summed E-state index contributed by atoms with van der Waals surface area (Å²) in [5.41, 5.74) is 13.4. The molecule has 2 N–H and O–H groups in total. The number of nitrogens with two attached hydrogens (primary N) is 1. The molecule has 0 bridgehead atoms. The van der Waals surface area contributed by atoms with E-state index in [1.54, 1.807) is 0 Å². The maximum atomic E-state index is 5.83. The normalized spacial score (nSPS) is 26.9. The van der Waals surface area contributed by atoms with E-state index in [1.807, 2.05) is 0 Å². The van der Waals surface area contributed by atoms with E-state index >= 15 is 0 Å². The fraction of sp³-hybridized carbons (Fsp3) is 0.333. The molecule has 4 rings (SSSR count). The molecule has 1 heteroatoms. The Morgan fingerprint density at radius 3 is 2.68 bits per heavy atom. The molecule has 1 fully saturated rings. The highest BCUT2D eigenvalue weighted by atomic mass is 14.7. The van der Waals surface area contributed by atoms with Gasteiger partial charge in [0.15, 0.2) is 0 Å². The maximum Gasteiger partial charge on any atom is -0.00134 e. The average molecular weight is 249 g/mol. The summed E-state index contributed by atoms with van der Waals surface area (Å²) in [4.78, 5) is 0. The van der Waals surface area contributed by atoms with E-state index in [4.69, 9.17) is 5.73 Å². The van der Waals surface area contributed by atoms with Crippen LogP contribution in [-0.2, 0) is 11.8 Å². The Labute approximate surface area is 114 Å². The van der Waals surface area contributed by atoms with Crippen LogP contribution in [0.15, 0.2) is 42.5 Å². The summed E-state index contributed by atoms with van der Waals surface area (Å²) in [7, 11) is 0. The number of hydrogen-bond acceptors (Lipinski definition) is 1. The highest BCUT2D eigenvalue weighted by Crippen LogP contribution is 2.54. The number of hydrogen-bond donors (Lipinski definition) is 1. The average Bonchev–Trinajstić information content (AvgIpc) is 2.98. The van der Waals surface area contributed by atoms with Crippen LogP contribution in [0.25, 0.3) is 11.1 Å². The van der Waals surface area contributed by atoms with E-state index in [2.05, 4.69) is 49.4 Å². The van der Waals surface area contributed by atoms with Crippen LogP contribution < -0.4 is 5.73 Å². The molecule has 2 aliphatic rings. The van der Waals surface area contributed by atoms with Crippen molar-refractivity contribution in [3.8, 4) is 11.1 Å². The Morgan fingerprint density at radius 2 is 1.89 bits per heavy atom. The monoisotopic (exact) mass is 249 g/mol. The zero-order chi connectivity index (χ0) is 13.0. The van der Waals surface area contributed by atoms with Gasteiger partial charge in [0.05, 0.1) is 0 Å². The van der Waals surface area contributed by atoms with Crippen molar-refractivity contribution < 1.29 is 0 Å². The minimum atomic E-state index is 0.332. The highest BCUT2D eigenvalue weighted by molar-refractivity contribution is 5.77. The van der Waals surface area contributed by atoms with E-state index in [-0.39, 0.29) is 0 Å². The first-order chi connectivity index (χ1) is 9.22. The molecular weight excluding hydrogens is 230 g/mol. The van der Waals surface area contributed by atoms with Crippen molar-refractivity contribution in [1.82, 2.24) is 0 Å². The van der Waals surface area contributed by atoms with Gasteiger partial charge in [0.1, 0.15) is 0 Å². The lowest BCUT2D eigenvalue weighted by molar-refractivity contribution is 0.665. The minimum Gasteiger partial charge on any atom is -0.330 e. The SMILES string of the molecule is CC1(c2ccc3c(c2)Cc2ccccc2-3)CC1CN. The maximum absolute atomic E-state index is 5.83. The molecular formula is C18H19N. The van der Waals surface area contributed by atoms with Gasteiger partial charge in [-0.05, 0) is 58.5 Å². The van der Waals surface area contributed by atoms with E-state index < -0.39 is 0 Å². The van der Waals surface area contributed by atoms with E-state index in [9.17, 15) is 0 Å². The smallest absolute Gasteiger partial charge is 0.00134 e. The molecule has 0 aromatic heterocycles. The molecule has 1 saturated carbocycles. The van der Waals surface area contributed by atoms with Crippen LogP contribution in [-0.4, -0.2) is 6.54 Å². The van der Waals surface area contributed by atoms with Gasteiger partial charge in [0.2, 0.25) is 0 Å². The molecule has 0 spiro atoms. The van der Waals surface area contributed by atoms with E-state index in [0.29, 0.717) is 11.3 Å². The van der Waals surface area contributed by atoms with Gasteiger partial charge in [-0.15, -0.1) is 0 Å². The summed E-state index contributed by atoms with van der Waals surface area (Å²) < 4.78 is 0. The zero-order valence-electron chi connectivity index (χ0n) is 11.3. The first-order valence-electron chi connectivity index (χ1n) is 7.14. The Morgan fingerprint density at radius 1 is 1.11 bits per heavy atom. The summed E-state index contributed by atoms with van der Waals surface area (Å²) in [6.07, 6.45) is 2.33. The van der Waals surface area contributed by atoms with Crippen LogP contribution in [0.4, 0.5) is 0 Å². The van der Waals surface area contributed by atoms with Crippen molar-refractivity contribution in [2.45, 2.75) is 25.2 Å². The molecule has 2 aromatic rings. The quantitative estimate of drug-likeness (QED) is 0.739. The van der Waals surface area contributed by atoms with E-state index in [0.717, 1.165) is 13.0 Å². The van der Waals surface area contributed by atoms with Crippen molar-refractivity contribution in [3.05, 3.63) is 59.2 Å². The molecule has 0 amide bonds. The Bertz CT molecular complexity index is 658.